The van der Waals surface area contributed by atoms with E-state index in [0.717, 1.165) is 13.1 Å². The van der Waals surface area contributed by atoms with E-state index in [1.54, 1.807) is 0 Å². The summed E-state index contributed by atoms with van der Waals surface area (Å²) in [5, 5.41) is 3.31. The fourth-order valence-electron chi connectivity index (χ4n) is 2.70. The minimum atomic E-state index is -0.152. The molecule has 1 aliphatic rings. The number of nitrogens with one attached hydrogen (secondary N) is 1. The molecule has 1 heterocycles. The van der Waals surface area contributed by atoms with E-state index in [2.05, 4.69) is 51.2 Å². The molecular formula is C15H24N2. The lowest BCUT2D eigenvalue weighted by Gasteiger charge is -2.43. The molecule has 1 aromatic rings. The van der Waals surface area contributed by atoms with Crippen molar-refractivity contribution in [3.63, 3.8) is 0 Å². The number of nitrogens with two attached hydrogens (primary N) is 1. The van der Waals surface area contributed by atoms with Gasteiger partial charge in [0.1, 0.15) is 0 Å². The van der Waals surface area contributed by atoms with Gasteiger partial charge in [0.2, 0.25) is 0 Å². The Morgan fingerprint density at radius 2 is 1.53 bits per heavy atom. The van der Waals surface area contributed by atoms with Gasteiger partial charge >= 0.3 is 0 Å². The molecule has 0 atom stereocenters. The van der Waals surface area contributed by atoms with Gasteiger partial charge in [-0.15, -0.1) is 0 Å². The largest absolute Gasteiger partial charge is 0.319 e. The lowest BCUT2D eigenvalue weighted by Crippen LogP contribution is -2.63. The molecule has 0 bridgehead atoms. The summed E-state index contributed by atoms with van der Waals surface area (Å²) in [5.41, 5.74) is 10.6. The average molecular weight is 232 g/mol. The number of hydrogen-bond acceptors (Lipinski definition) is 2. The maximum Gasteiger partial charge on any atom is 0.0667 e. The molecule has 0 aliphatic carbocycles. The molecule has 1 fully saturated rings. The minimum Gasteiger partial charge on any atom is -0.319 e. The molecule has 3 N–H and O–H groups in total. The molecule has 0 aromatic heterocycles. The molecule has 1 aromatic carbocycles. The van der Waals surface area contributed by atoms with E-state index < -0.39 is 0 Å². The van der Waals surface area contributed by atoms with E-state index in [9.17, 15) is 0 Å². The molecule has 0 saturated carbocycles. The van der Waals surface area contributed by atoms with Gasteiger partial charge in [-0.2, -0.15) is 0 Å². The maximum atomic E-state index is 6.54. The van der Waals surface area contributed by atoms with Gasteiger partial charge in [0, 0.05) is 13.1 Å². The number of benzene rings is 1. The second kappa shape index (κ2) is 4.43. The van der Waals surface area contributed by atoms with Crippen LogP contribution in [0.1, 0.15) is 56.2 Å². The molecule has 2 nitrogen and oxygen atoms in total. The van der Waals surface area contributed by atoms with Crippen molar-refractivity contribution < 1.29 is 0 Å². The van der Waals surface area contributed by atoms with Crippen LogP contribution >= 0.6 is 0 Å². The highest BCUT2D eigenvalue weighted by molar-refractivity contribution is 5.45. The fourth-order valence-corrected chi connectivity index (χ4v) is 2.70. The highest BCUT2D eigenvalue weighted by Crippen LogP contribution is 2.36. The molecule has 2 heteroatoms. The molecule has 0 unspecified atom stereocenters. The SMILES string of the molecule is CC(C)c1cccc(C(C)C)c1C1(N)CNC1. The van der Waals surface area contributed by atoms with Gasteiger partial charge in [0.15, 0.2) is 0 Å². The van der Waals surface area contributed by atoms with E-state index in [1.807, 2.05) is 0 Å². The summed E-state index contributed by atoms with van der Waals surface area (Å²) in [4.78, 5) is 0. The van der Waals surface area contributed by atoms with Crippen molar-refractivity contribution in [2.75, 3.05) is 13.1 Å². The van der Waals surface area contributed by atoms with Crippen LogP contribution in [0.3, 0.4) is 0 Å². The van der Waals surface area contributed by atoms with Crippen molar-refractivity contribution >= 4 is 0 Å². The van der Waals surface area contributed by atoms with Crippen LogP contribution in [0.2, 0.25) is 0 Å². The Balaban J connectivity index is 2.58. The molecule has 0 radical (unpaired) electrons. The van der Waals surface area contributed by atoms with E-state index in [0.29, 0.717) is 11.8 Å². The predicted octanol–water partition coefficient (Wildman–Crippen LogP) is 2.69. The van der Waals surface area contributed by atoms with Gasteiger partial charge in [0.05, 0.1) is 5.54 Å². The summed E-state index contributed by atoms with van der Waals surface area (Å²) in [5.74, 6) is 1.06. The van der Waals surface area contributed by atoms with Crippen LogP contribution in [0.4, 0.5) is 0 Å². The van der Waals surface area contributed by atoms with Crippen molar-refractivity contribution in [3.8, 4) is 0 Å². The lowest BCUT2D eigenvalue weighted by atomic mass is 9.75. The Morgan fingerprint density at radius 1 is 1.06 bits per heavy atom. The summed E-state index contributed by atoms with van der Waals surface area (Å²) < 4.78 is 0. The molecule has 1 saturated heterocycles. The Hall–Kier alpha value is -0.860. The monoisotopic (exact) mass is 232 g/mol. The first-order chi connectivity index (χ1) is 7.96. The Morgan fingerprint density at radius 3 is 1.82 bits per heavy atom. The second-order valence-electron chi connectivity index (χ2n) is 5.88. The summed E-state index contributed by atoms with van der Waals surface area (Å²) in [6.45, 7) is 10.8. The van der Waals surface area contributed by atoms with Gasteiger partial charge in [-0.25, -0.2) is 0 Å². The quantitative estimate of drug-likeness (QED) is 0.841. The van der Waals surface area contributed by atoms with Crippen molar-refractivity contribution in [2.45, 2.75) is 45.1 Å². The summed E-state index contributed by atoms with van der Waals surface area (Å²) >= 11 is 0. The highest BCUT2D eigenvalue weighted by Gasteiger charge is 2.38. The maximum absolute atomic E-state index is 6.54. The van der Waals surface area contributed by atoms with E-state index in [-0.39, 0.29) is 5.54 Å². The third-order valence-electron chi connectivity index (χ3n) is 3.75. The zero-order chi connectivity index (χ0) is 12.6. The molecule has 94 valence electrons. The summed E-state index contributed by atoms with van der Waals surface area (Å²) in [7, 11) is 0. The standard InChI is InChI=1S/C15H24N2/c1-10(2)12-6-5-7-13(11(3)4)14(12)15(16)8-17-9-15/h5-7,10-11,17H,8-9,16H2,1-4H3. The van der Waals surface area contributed by atoms with Crippen LogP contribution < -0.4 is 11.1 Å². The Kier molecular flexibility index (Phi) is 3.28. The molecule has 2 rings (SSSR count). The molecule has 1 aliphatic heterocycles. The third-order valence-corrected chi connectivity index (χ3v) is 3.75. The number of rotatable bonds is 3. The first kappa shape index (κ1) is 12.6. The Labute approximate surface area is 105 Å². The van der Waals surface area contributed by atoms with Gasteiger partial charge in [-0.05, 0) is 28.5 Å². The fraction of sp³-hybridized carbons (Fsp3) is 0.600. The first-order valence-electron chi connectivity index (χ1n) is 6.58. The normalized spacial score (nSPS) is 18.5. The second-order valence-corrected chi connectivity index (χ2v) is 5.88. The van der Waals surface area contributed by atoms with Crippen molar-refractivity contribution in [1.82, 2.24) is 5.32 Å². The van der Waals surface area contributed by atoms with Crippen LogP contribution in [0.5, 0.6) is 0 Å². The van der Waals surface area contributed by atoms with Gasteiger partial charge in [0.25, 0.3) is 0 Å². The van der Waals surface area contributed by atoms with Gasteiger partial charge in [-0.3, -0.25) is 0 Å². The zero-order valence-corrected chi connectivity index (χ0v) is 11.4. The average Bonchev–Trinajstić information content (AvgIpc) is 2.24. The van der Waals surface area contributed by atoms with Crippen LogP contribution in [-0.2, 0) is 5.54 Å². The van der Waals surface area contributed by atoms with Crippen molar-refractivity contribution in [1.29, 1.82) is 0 Å². The van der Waals surface area contributed by atoms with Crippen molar-refractivity contribution in [2.24, 2.45) is 5.73 Å². The highest BCUT2D eigenvalue weighted by atomic mass is 15.1. The smallest absolute Gasteiger partial charge is 0.0667 e. The van der Waals surface area contributed by atoms with E-state index in [4.69, 9.17) is 5.73 Å². The topological polar surface area (TPSA) is 38.0 Å². The predicted molar refractivity (Wildman–Crippen MR) is 73.4 cm³/mol. The van der Waals surface area contributed by atoms with Gasteiger partial charge < -0.3 is 11.1 Å². The van der Waals surface area contributed by atoms with Gasteiger partial charge in [-0.1, -0.05) is 45.9 Å². The van der Waals surface area contributed by atoms with E-state index >= 15 is 0 Å². The summed E-state index contributed by atoms with van der Waals surface area (Å²) in [6.07, 6.45) is 0. The van der Waals surface area contributed by atoms with Crippen LogP contribution in [0.15, 0.2) is 18.2 Å². The van der Waals surface area contributed by atoms with Crippen LogP contribution in [0, 0.1) is 0 Å². The van der Waals surface area contributed by atoms with Crippen LogP contribution in [0.25, 0.3) is 0 Å². The number of hydrogen-bond donors (Lipinski definition) is 2. The lowest BCUT2D eigenvalue weighted by molar-refractivity contribution is 0.282. The molecule has 0 amide bonds. The zero-order valence-electron chi connectivity index (χ0n) is 11.4. The first-order valence-corrected chi connectivity index (χ1v) is 6.58. The third kappa shape index (κ3) is 2.12. The Bertz CT molecular complexity index is 377. The van der Waals surface area contributed by atoms with E-state index in [1.165, 1.54) is 16.7 Å². The van der Waals surface area contributed by atoms with Crippen LogP contribution in [-0.4, -0.2) is 13.1 Å². The van der Waals surface area contributed by atoms with Crippen molar-refractivity contribution in [3.05, 3.63) is 34.9 Å². The molecule has 17 heavy (non-hydrogen) atoms. The molecular weight excluding hydrogens is 208 g/mol. The summed E-state index contributed by atoms with van der Waals surface area (Å²) in [6, 6.07) is 6.64. The molecule has 0 spiro atoms. The minimum absolute atomic E-state index is 0.152.